The van der Waals surface area contributed by atoms with Crippen molar-refractivity contribution in [2.75, 3.05) is 32.8 Å². The predicted octanol–water partition coefficient (Wildman–Crippen LogP) is 3.22. The van der Waals surface area contributed by atoms with Gasteiger partial charge in [-0.25, -0.2) is 0 Å². The molecule has 0 aliphatic carbocycles. The first-order chi connectivity index (χ1) is 11.3. The average molecular weight is 315 g/mol. The molecular formula is C18H21NO4. The molecule has 5 nitrogen and oxygen atoms in total. The van der Waals surface area contributed by atoms with E-state index in [0.29, 0.717) is 37.9 Å². The van der Waals surface area contributed by atoms with Crippen LogP contribution >= 0.6 is 0 Å². The van der Waals surface area contributed by atoms with E-state index in [1.165, 1.54) is 0 Å². The number of para-hydroxylation sites is 1. The summed E-state index contributed by atoms with van der Waals surface area (Å²) in [7, 11) is 3.33. The van der Waals surface area contributed by atoms with E-state index in [1.54, 1.807) is 14.2 Å². The predicted molar refractivity (Wildman–Crippen MR) is 88.5 cm³/mol. The van der Waals surface area contributed by atoms with Crippen LogP contribution in [0.2, 0.25) is 0 Å². The van der Waals surface area contributed by atoms with Crippen molar-refractivity contribution < 1.29 is 18.9 Å². The van der Waals surface area contributed by atoms with Gasteiger partial charge in [0.25, 0.3) is 0 Å². The molecule has 0 amide bonds. The van der Waals surface area contributed by atoms with Crippen molar-refractivity contribution in [1.82, 2.24) is 0 Å². The molecule has 1 N–H and O–H groups in total. The maximum atomic E-state index is 5.67. The highest BCUT2D eigenvalue weighted by Crippen LogP contribution is 2.40. The zero-order valence-corrected chi connectivity index (χ0v) is 13.4. The molecule has 2 aromatic rings. The van der Waals surface area contributed by atoms with E-state index in [1.807, 2.05) is 30.3 Å². The van der Waals surface area contributed by atoms with Crippen molar-refractivity contribution in [2.24, 2.45) is 0 Å². The lowest BCUT2D eigenvalue weighted by atomic mass is 10.1. The number of anilines is 1. The largest absolute Gasteiger partial charge is 0.493 e. The van der Waals surface area contributed by atoms with Crippen LogP contribution in [0.1, 0.15) is 11.1 Å². The molecule has 0 atom stereocenters. The van der Waals surface area contributed by atoms with Crippen molar-refractivity contribution in [3.05, 3.63) is 47.5 Å². The van der Waals surface area contributed by atoms with Gasteiger partial charge in [0.2, 0.25) is 5.75 Å². The van der Waals surface area contributed by atoms with Gasteiger partial charge in [0.05, 0.1) is 13.7 Å². The second kappa shape index (κ2) is 7.24. The summed E-state index contributed by atoms with van der Waals surface area (Å²) in [5, 5.41) is 3.44. The lowest BCUT2D eigenvalue weighted by Gasteiger charge is -2.21. The average Bonchev–Trinajstić information content (AvgIpc) is 2.60. The summed E-state index contributed by atoms with van der Waals surface area (Å²) in [5.74, 6) is 2.11. The molecule has 122 valence electrons. The summed E-state index contributed by atoms with van der Waals surface area (Å²) >= 11 is 0. The zero-order chi connectivity index (χ0) is 16.1. The molecule has 0 aromatic heterocycles. The minimum absolute atomic E-state index is 0.547. The van der Waals surface area contributed by atoms with E-state index in [4.69, 9.17) is 18.9 Å². The van der Waals surface area contributed by atoms with Crippen molar-refractivity contribution in [3.8, 4) is 17.2 Å². The first-order valence-electron chi connectivity index (χ1n) is 7.59. The van der Waals surface area contributed by atoms with Crippen LogP contribution in [0, 0.1) is 0 Å². The van der Waals surface area contributed by atoms with Crippen LogP contribution in [-0.2, 0) is 17.9 Å². The third kappa shape index (κ3) is 3.51. The molecule has 0 saturated carbocycles. The molecule has 0 spiro atoms. The Morgan fingerprint density at radius 2 is 1.91 bits per heavy atom. The first-order valence-corrected chi connectivity index (χ1v) is 7.59. The lowest BCUT2D eigenvalue weighted by Crippen LogP contribution is -2.16. The summed E-state index contributed by atoms with van der Waals surface area (Å²) in [4.78, 5) is 0. The molecule has 23 heavy (non-hydrogen) atoms. The number of ether oxygens (including phenoxy) is 4. The Kier molecular flexibility index (Phi) is 4.88. The van der Waals surface area contributed by atoms with Crippen molar-refractivity contribution in [1.29, 1.82) is 0 Å². The van der Waals surface area contributed by atoms with Crippen LogP contribution in [-0.4, -0.2) is 27.4 Å². The van der Waals surface area contributed by atoms with E-state index >= 15 is 0 Å². The van der Waals surface area contributed by atoms with E-state index in [-0.39, 0.29) is 0 Å². The van der Waals surface area contributed by atoms with E-state index in [0.717, 1.165) is 22.6 Å². The second-order valence-electron chi connectivity index (χ2n) is 5.27. The number of nitrogens with one attached hydrogen (secondary N) is 1. The number of fused-ring (bicyclic) bond motifs is 1. The molecular weight excluding hydrogens is 294 g/mol. The van der Waals surface area contributed by atoms with Gasteiger partial charge >= 0.3 is 0 Å². The summed E-state index contributed by atoms with van der Waals surface area (Å²) in [6.45, 7) is 2.34. The first kappa shape index (κ1) is 15.5. The number of hydrogen-bond acceptors (Lipinski definition) is 5. The summed E-state index contributed by atoms with van der Waals surface area (Å²) in [6, 6.07) is 12.1. The standard InChI is InChI=1S/C18H21NO4/c1-20-12-14-5-3-4-6-15(14)19-11-13-9-16(21-2)18-17(10-13)22-7-8-23-18/h3-6,9-10,19H,7-8,11-12H2,1-2H3. The maximum Gasteiger partial charge on any atom is 0.203 e. The normalized spacial score (nSPS) is 12.8. The monoisotopic (exact) mass is 315 g/mol. The molecule has 3 rings (SSSR count). The van der Waals surface area contributed by atoms with Gasteiger partial charge in [-0.3, -0.25) is 0 Å². The van der Waals surface area contributed by atoms with E-state index in [2.05, 4.69) is 11.4 Å². The minimum atomic E-state index is 0.547. The molecule has 1 heterocycles. The fourth-order valence-electron chi connectivity index (χ4n) is 2.60. The van der Waals surface area contributed by atoms with Gasteiger partial charge in [0.1, 0.15) is 13.2 Å². The Morgan fingerprint density at radius 1 is 1.09 bits per heavy atom. The van der Waals surface area contributed by atoms with Crippen LogP contribution in [0.15, 0.2) is 36.4 Å². The van der Waals surface area contributed by atoms with Crippen LogP contribution in [0.4, 0.5) is 5.69 Å². The van der Waals surface area contributed by atoms with Gasteiger partial charge < -0.3 is 24.3 Å². The number of methoxy groups -OCH3 is 2. The van der Waals surface area contributed by atoms with Gasteiger partial charge in [-0.2, -0.15) is 0 Å². The summed E-state index contributed by atoms with van der Waals surface area (Å²) < 4.78 is 21.9. The number of rotatable bonds is 6. The molecule has 2 aromatic carbocycles. The van der Waals surface area contributed by atoms with Gasteiger partial charge in [0, 0.05) is 24.9 Å². The molecule has 0 radical (unpaired) electrons. The SMILES string of the molecule is COCc1ccccc1NCc1cc(OC)c2c(c1)OCCO2. The third-order valence-corrected chi connectivity index (χ3v) is 3.69. The molecule has 0 bridgehead atoms. The van der Waals surface area contributed by atoms with Crippen molar-refractivity contribution in [3.63, 3.8) is 0 Å². The van der Waals surface area contributed by atoms with Crippen molar-refractivity contribution >= 4 is 5.69 Å². The Hall–Kier alpha value is -2.40. The highest BCUT2D eigenvalue weighted by Gasteiger charge is 2.18. The van der Waals surface area contributed by atoms with Gasteiger partial charge in [-0.05, 0) is 23.8 Å². The molecule has 1 aliphatic rings. The second-order valence-corrected chi connectivity index (χ2v) is 5.27. The van der Waals surface area contributed by atoms with E-state index in [9.17, 15) is 0 Å². The van der Waals surface area contributed by atoms with Gasteiger partial charge in [-0.1, -0.05) is 18.2 Å². The highest BCUT2D eigenvalue weighted by molar-refractivity contribution is 5.56. The Bertz CT molecular complexity index is 655. The molecule has 1 aliphatic heterocycles. The smallest absolute Gasteiger partial charge is 0.203 e. The van der Waals surface area contributed by atoms with Crippen LogP contribution in [0.25, 0.3) is 0 Å². The molecule has 0 fully saturated rings. The van der Waals surface area contributed by atoms with Gasteiger partial charge in [-0.15, -0.1) is 0 Å². The number of benzene rings is 2. The molecule has 0 unspecified atom stereocenters. The fraction of sp³-hybridized carbons (Fsp3) is 0.333. The molecule has 5 heteroatoms. The Morgan fingerprint density at radius 3 is 2.74 bits per heavy atom. The van der Waals surface area contributed by atoms with Crippen molar-refractivity contribution in [2.45, 2.75) is 13.2 Å². The van der Waals surface area contributed by atoms with Crippen LogP contribution < -0.4 is 19.5 Å². The zero-order valence-electron chi connectivity index (χ0n) is 13.4. The van der Waals surface area contributed by atoms with Crippen LogP contribution in [0.5, 0.6) is 17.2 Å². The Labute approximate surface area is 136 Å². The maximum absolute atomic E-state index is 5.67. The summed E-state index contributed by atoms with van der Waals surface area (Å²) in [6.07, 6.45) is 0. The number of hydrogen-bond donors (Lipinski definition) is 1. The van der Waals surface area contributed by atoms with Crippen LogP contribution in [0.3, 0.4) is 0 Å². The topological polar surface area (TPSA) is 49.0 Å². The van der Waals surface area contributed by atoms with E-state index < -0.39 is 0 Å². The summed E-state index contributed by atoms with van der Waals surface area (Å²) in [5.41, 5.74) is 3.25. The molecule has 0 saturated heterocycles. The quantitative estimate of drug-likeness (QED) is 0.887. The van der Waals surface area contributed by atoms with Gasteiger partial charge in [0.15, 0.2) is 11.5 Å². The highest BCUT2D eigenvalue weighted by atomic mass is 16.6. The Balaban J connectivity index is 1.78. The third-order valence-electron chi connectivity index (χ3n) is 3.69. The fourth-order valence-corrected chi connectivity index (χ4v) is 2.60. The lowest BCUT2D eigenvalue weighted by molar-refractivity contribution is 0.165. The minimum Gasteiger partial charge on any atom is -0.493 e.